The highest BCUT2D eigenvalue weighted by atomic mass is 35.5. The maximum atomic E-state index is 6.27. The number of hydrogen-bond acceptors (Lipinski definition) is 3. The molecule has 0 saturated heterocycles. The molecule has 0 unspecified atom stereocenters. The van der Waals surface area contributed by atoms with Crippen LogP contribution in [-0.4, -0.2) is 17.7 Å². The van der Waals surface area contributed by atoms with Crippen LogP contribution in [0.2, 0.25) is 5.02 Å². The number of hydrogen-bond donors (Lipinski definition) is 0. The van der Waals surface area contributed by atoms with Gasteiger partial charge in [0.25, 0.3) is 0 Å². The van der Waals surface area contributed by atoms with Crippen molar-refractivity contribution < 1.29 is 9.47 Å². The first-order valence-electron chi connectivity index (χ1n) is 6.77. The number of ether oxygens (including phenoxy) is 2. The predicted molar refractivity (Wildman–Crippen MR) is 70.4 cm³/mol. The molecule has 0 N–H and O–H groups in total. The third kappa shape index (κ3) is 2.56. The van der Waals surface area contributed by atoms with Gasteiger partial charge in [-0.1, -0.05) is 18.0 Å². The van der Waals surface area contributed by atoms with Gasteiger partial charge in [-0.05, 0) is 38.0 Å². The van der Waals surface area contributed by atoms with Gasteiger partial charge in [0.1, 0.15) is 10.8 Å². The fourth-order valence-corrected chi connectivity index (χ4v) is 2.33. The monoisotopic (exact) mass is 267 g/mol. The van der Waals surface area contributed by atoms with Crippen LogP contribution in [0.1, 0.15) is 38.5 Å². The Labute approximate surface area is 112 Å². The number of rotatable bonds is 5. The Morgan fingerprint density at radius 2 is 2.00 bits per heavy atom. The highest BCUT2D eigenvalue weighted by Crippen LogP contribution is 2.36. The second-order valence-corrected chi connectivity index (χ2v) is 5.58. The van der Waals surface area contributed by atoms with E-state index in [0.29, 0.717) is 28.7 Å². The Balaban J connectivity index is 1.63. The molecule has 98 valence electrons. The Bertz CT molecular complexity index is 416. The van der Waals surface area contributed by atoms with E-state index in [4.69, 9.17) is 21.1 Å². The summed E-state index contributed by atoms with van der Waals surface area (Å²) in [6, 6.07) is 1.82. The molecule has 1 heterocycles. The van der Waals surface area contributed by atoms with Crippen LogP contribution in [0.25, 0.3) is 0 Å². The lowest BCUT2D eigenvalue weighted by atomic mass is 9.86. The van der Waals surface area contributed by atoms with Gasteiger partial charge in [0.15, 0.2) is 0 Å². The van der Waals surface area contributed by atoms with Crippen molar-refractivity contribution in [3.8, 4) is 11.6 Å². The van der Waals surface area contributed by atoms with E-state index >= 15 is 0 Å². The van der Waals surface area contributed by atoms with Gasteiger partial charge >= 0.3 is 0 Å². The van der Waals surface area contributed by atoms with Crippen molar-refractivity contribution >= 4 is 11.6 Å². The zero-order valence-electron chi connectivity index (χ0n) is 10.4. The number of nitrogens with zero attached hydrogens (tertiary/aromatic N) is 1. The van der Waals surface area contributed by atoms with E-state index in [9.17, 15) is 0 Å². The molecule has 4 heteroatoms. The van der Waals surface area contributed by atoms with Crippen molar-refractivity contribution in [2.45, 2.75) is 44.6 Å². The van der Waals surface area contributed by atoms with Crippen LogP contribution in [-0.2, 0) is 0 Å². The summed E-state index contributed by atoms with van der Waals surface area (Å²) in [5.74, 6) is 1.90. The zero-order chi connectivity index (χ0) is 12.4. The summed E-state index contributed by atoms with van der Waals surface area (Å²) < 4.78 is 11.5. The first-order valence-corrected chi connectivity index (χ1v) is 7.14. The lowest BCUT2D eigenvalue weighted by Gasteiger charge is -2.27. The Morgan fingerprint density at radius 1 is 1.22 bits per heavy atom. The second kappa shape index (κ2) is 5.35. The van der Waals surface area contributed by atoms with Gasteiger partial charge in [0.2, 0.25) is 5.88 Å². The van der Waals surface area contributed by atoms with Crippen LogP contribution < -0.4 is 9.47 Å². The minimum atomic E-state index is 0.324. The molecule has 2 aliphatic rings. The molecule has 0 spiro atoms. The SMILES string of the molecule is Clc1c(OC2CCC2)ccnc1OCC1CCC1. The molecule has 1 aromatic rings. The van der Waals surface area contributed by atoms with Crippen molar-refractivity contribution in [2.75, 3.05) is 6.61 Å². The minimum absolute atomic E-state index is 0.324. The highest BCUT2D eigenvalue weighted by Gasteiger charge is 2.22. The van der Waals surface area contributed by atoms with E-state index < -0.39 is 0 Å². The molecule has 18 heavy (non-hydrogen) atoms. The Morgan fingerprint density at radius 3 is 2.61 bits per heavy atom. The van der Waals surface area contributed by atoms with Crippen LogP contribution in [0.4, 0.5) is 0 Å². The van der Waals surface area contributed by atoms with Crippen molar-refractivity contribution in [1.82, 2.24) is 4.98 Å². The van der Waals surface area contributed by atoms with Gasteiger partial charge in [-0.25, -0.2) is 4.98 Å². The van der Waals surface area contributed by atoms with E-state index in [1.54, 1.807) is 6.20 Å². The number of halogens is 1. The third-order valence-corrected chi connectivity index (χ3v) is 4.20. The Kier molecular flexibility index (Phi) is 3.59. The van der Waals surface area contributed by atoms with Gasteiger partial charge in [-0.15, -0.1) is 0 Å². The lowest BCUT2D eigenvalue weighted by Crippen LogP contribution is -2.24. The molecule has 2 saturated carbocycles. The summed E-state index contributed by atoms with van der Waals surface area (Å²) in [6.45, 7) is 0.722. The molecule has 0 atom stereocenters. The largest absolute Gasteiger partial charge is 0.489 e. The van der Waals surface area contributed by atoms with Gasteiger partial charge in [0, 0.05) is 12.3 Å². The fourth-order valence-electron chi connectivity index (χ4n) is 2.12. The molecule has 3 rings (SSSR count). The van der Waals surface area contributed by atoms with Crippen LogP contribution in [0.3, 0.4) is 0 Å². The summed E-state index contributed by atoms with van der Waals surface area (Å²) in [6.07, 6.45) is 9.36. The molecule has 0 amide bonds. The summed E-state index contributed by atoms with van der Waals surface area (Å²) >= 11 is 6.27. The molecular formula is C14H18ClNO2. The molecule has 1 aromatic heterocycles. The predicted octanol–water partition coefficient (Wildman–Crippen LogP) is 3.85. The van der Waals surface area contributed by atoms with Crippen molar-refractivity contribution in [2.24, 2.45) is 5.92 Å². The second-order valence-electron chi connectivity index (χ2n) is 5.21. The van der Waals surface area contributed by atoms with Crippen molar-refractivity contribution in [3.63, 3.8) is 0 Å². The molecule has 0 radical (unpaired) electrons. The molecule has 0 aromatic carbocycles. The molecule has 3 nitrogen and oxygen atoms in total. The van der Waals surface area contributed by atoms with Crippen molar-refractivity contribution in [1.29, 1.82) is 0 Å². The molecule has 0 aliphatic heterocycles. The van der Waals surface area contributed by atoms with Crippen LogP contribution in [0.15, 0.2) is 12.3 Å². The quantitative estimate of drug-likeness (QED) is 0.812. The molecule has 0 bridgehead atoms. The van der Waals surface area contributed by atoms with Crippen LogP contribution in [0, 0.1) is 5.92 Å². The number of pyridine rings is 1. The van der Waals surface area contributed by atoms with Gasteiger partial charge in [-0.3, -0.25) is 0 Å². The van der Waals surface area contributed by atoms with Crippen LogP contribution in [0.5, 0.6) is 11.6 Å². The van der Waals surface area contributed by atoms with Gasteiger partial charge in [0.05, 0.1) is 12.7 Å². The molecule has 2 aliphatic carbocycles. The average Bonchev–Trinajstić information content (AvgIpc) is 2.25. The van der Waals surface area contributed by atoms with E-state index in [1.807, 2.05) is 6.07 Å². The molecular weight excluding hydrogens is 250 g/mol. The summed E-state index contributed by atoms with van der Waals surface area (Å²) in [5.41, 5.74) is 0. The third-order valence-electron chi connectivity index (χ3n) is 3.85. The summed E-state index contributed by atoms with van der Waals surface area (Å²) in [4.78, 5) is 4.19. The maximum absolute atomic E-state index is 6.27. The topological polar surface area (TPSA) is 31.4 Å². The fraction of sp³-hybridized carbons (Fsp3) is 0.643. The zero-order valence-corrected chi connectivity index (χ0v) is 11.2. The standard InChI is InChI=1S/C14H18ClNO2/c15-13-12(18-11-5-2-6-11)7-8-16-14(13)17-9-10-3-1-4-10/h7-8,10-11H,1-6,9H2. The van der Waals surface area contributed by atoms with Crippen LogP contribution >= 0.6 is 11.6 Å². The molecule has 2 fully saturated rings. The van der Waals surface area contributed by atoms with Gasteiger partial charge < -0.3 is 9.47 Å². The average molecular weight is 268 g/mol. The van der Waals surface area contributed by atoms with Crippen molar-refractivity contribution in [3.05, 3.63) is 17.3 Å². The summed E-state index contributed by atoms with van der Waals surface area (Å²) in [5, 5.41) is 0.517. The Hall–Kier alpha value is -0.960. The van der Waals surface area contributed by atoms with E-state index in [-0.39, 0.29) is 0 Å². The van der Waals surface area contributed by atoms with Gasteiger partial charge in [-0.2, -0.15) is 0 Å². The van der Waals surface area contributed by atoms with E-state index in [0.717, 1.165) is 19.4 Å². The first-order chi connectivity index (χ1) is 8.83. The smallest absolute Gasteiger partial charge is 0.236 e. The highest BCUT2D eigenvalue weighted by molar-refractivity contribution is 6.33. The normalized spacial score (nSPS) is 20.1. The van der Waals surface area contributed by atoms with E-state index in [1.165, 1.54) is 25.7 Å². The lowest BCUT2D eigenvalue weighted by molar-refractivity contribution is 0.119. The minimum Gasteiger partial charge on any atom is -0.489 e. The first kappa shape index (κ1) is 12.1. The maximum Gasteiger partial charge on any atom is 0.236 e. The number of aromatic nitrogens is 1. The van der Waals surface area contributed by atoms with E-state index in [2.05, 4.69) is 4.98 Å². The summed E-state index contributed by atoms with van der Waals surface area (Å²) in [7, 11) is 0.